The smallest absolute Gasteiger partial charge is 0.202 e. The summed E-state index contributed by atoms with van der Waals surface area (Å²) in [5.74, 6) is 0. The molecule has 1 heterocycles. The summed E-state index contributed by atoms with van der Waals surface area (Å²) in [7, 11) is 1.88. The van der Waals surface area contributed by atoms with Gasteiger partial charge >= 0.3 is 0 Å². The molecule has 0 atom stereocenters. The Labute approximate surface area is 66.8 Å². The van der Waals surface area contributed by atoms with Crippen LogP contribution in [0.4, 0.5) is 0 Å². The van der Waals surface area contributed by atoms with Crippen LogP contribution in [0.1, 0.15) is 19.5 Å². The van der Waals surface area contributed by atoms with Crippen LogP contribution in [-0.2, 0) is 7.05 Å². The quantitative estimate of drug-likeness (QED) is 0.570. The summed E-state index contributed by atoms with van der Waals surface area (Å²) < 4.78 is 1.82. The Morgan fingerprint density at radius 3 is 2.10 bits per heavy atom. The molecule has 10 heavy (non-hydrogen) atoms. The molecule has 0 amide bonds. The van der Waals surface area contributed by atoms with Crippen LogP contribution in [0, 0.1) is 6.92 Å². The zero-order chi connectivity index (χ0) is 8.15. The van der Waals surface area contributed by atoms with Crippen molar-refractivity contribution in [3.63, 3.8) is 0 Å². The van der Waals surface area contributed by atoms with Crippen LogP contribution in [0.3, 0.4) is 0 Å². The number of rotatable bonds is 0. The molecule has 0 N–H and O–H groups in total. The van der Waals surface area contributed by atoms with Crippen LogP contribution in [0.2, 0.25) is 5.28 Å². The average molecular weight is 161 g/mol. The average Bonchev–Trinajstić information content (AvgIpc) is 2.25. The summed E-state index contributed by atoms with van der Waals surface area (Å²) in [5.41, 5.74) is 1.08. The lowest BCUT2D eigenvalue weighted by Crippen LogP contribution is -1.88. The van der Waals surface area contributed by atoms with E-state index in [2.05, 4.69) is 4.98 Å². The number of aromatic nitrogens is 2. The molecule has 58 valence electrons. The first kappa shape index (κ1) is 9.50. The maximum absolute atomic E-state index is 5.58. The summed E-state index contributed by atoms with van der Waals surface area (Å²) in [5, 5.41) is 0.544. The van der Waals surface area contributed by atoms with Gasteiger partial charge in [0.15, 0.2) is 0 Å². The third kappa shape index (κ3) is 2.03. The second-order valence-electron chi connectivity index (χ2n) is 1.73. The lowest BCUT2D eigenvalue weighted by Gasteiger charge is -1.91. The Balaban J connectivity index is 0.000000371. The molecule has 3 heteroatoms. The fourth-order valence-electron chi connectivity index (χ4n) is 0.465. The van der Waals surface area contributed by atoms with Gasteiger partial charge in [-0.15, -0.1) is 0 Å². The summed E-state index contributed by atoms with van der Waals surface area (Å²) in [6, 6.07) is 0. The molecule has 1 rings (SSSR count). The van der Waals surface area contributed by atoms with Crippen molar-refractivity contribution in [1.82, 2.24) is 9.55 Å². The maximum Gasteiger partial charge on any atom is 0.202 e. The largest absolute Gasteiger partial charge is 0.322 e. The topological polar surface area (TPSA) is 17.8 Å². The van der Waals surface area contributed by atoms with Gasteiger partial charge < -0.3 is 4.57 Å². The van der Waals surface area contributed by atoms with Gasteiger partial charge in [0, 0.05) is 18.9 Å². The van der Waals surface area contributed by atoms with Gasteiger partial charge in [0.05, 0.1) is 0 Å². The molecular weight excluding hydrogens is 148 g/mol. The van der Waals surface area contributed by atoms with E-state index in [0.29, 0.717) is 5.28 Å². The Morgan fingerprint density at radius 1 is 1.50 bits per heavy atom. The van der Waals surface area contributed by atoms with Crippen molar-refractivity contribution in [1.29, 1.82) is 0 Å². The molecule has 0 aliphatic carbocycles. The molecule has 0 bridgehead atoms. The van der Waals surface area contributed by atoms with Crippen LogP contribution < -0.4 is 0 Å². The van der Waals surface area contributed by atoms with Crippen molar-refractivity contribution in [2.75, 3.05) is 0 Å². The van der Waals surface area contributed by atoms with Gasteiger partial charge in [-0.1, -0.05) is 13.8 Å². The molecular formula is C7H13ClN2. The number of aryl methyl sites for hydroxylation is 1. The van der Waals surface area contributed by atoms with Crippen molar-refractivity contribution in [2.24, 2.45) is 7.05 Å². The fourth-order valence-corrected chi connectivity index (χ4v) is 0.648. The Bertz CT molecular complexity index is 174. The molecule has 0 radical (unpaired) electrons. The van der Waals surface area contributed by atoms with E-state index in [1.165, 1.54) is 0 Å². The lowest BCUT2D eigenvalue weighted by atomic mass is 10.5. The van der Waals surface area contributed by atoms with E-state index in [1.54, 1.807) is 6.20 Å². The van der Waals surface area contributed by atoms with Gasteiger partial charge in [-0.3, -0.25) is 0 Å². The molecule has 0 fully saturated rings. The highest BCUT2D eigenvalue weighted by Gasteiger charge is 1.95. The number of nitrogens with zero attached hydrogens (tertiary/aromatic N) is 2. The molecule has 0 aliphatic heterocycles. The standard InChI is InChI=1S/C5H7ClN2.C2H6/c1-4-3-7-5(6)8(4)2;1-2/h3H,1-2H3;1-2H3. The molecule has 0 aromatic carbocycles. The van der Waals surface area contributed by atoms with Crippen LogP contribution in [0.15, 0.2) is 6.20 Å². The highest BCUT2D eigenvalue weighted by molar-refractivity contribution is 6.28. The first-order valence-corrected chi connectivity index (χ1v) is 3.73. The third-order valence-corrected chi connectivity index (χ3v) is 1.51. The highest BCUT2D eigenvalue weighted by atomic mass is 35.5. The molecule has 0 saturated carbocycles. The van der Waals surface area contributed by atoms with E-state index >= 15 is 0 Å². The zero-order valence-electron chi connectivity index (χ0n) is 6.85. The van der Waals surface area contributed by atoms with Crippen molar-refractivity contribution in [3.05, 3.63) is 17.2 Å². The summed E-state index contributed by atoms with van der Waals surface area (Å²) in [4.78, 5) is 3.84. The molecule has 0 aliphatic rings. The number of hydrogen-bond acceptors (Lipinski definition) is 1. The number of imidazole rings is 1. The van der Waals surface area contributed by atoms with E-state index in [-0.39, 0.29) is 0 Å². The van der Waals surface area contributed by atoms with E-state index in [1.807, 2.05) is 32.4 Å². The monoisotopic (exact) mass is 160 g/mol. The minimum atomic E-state index is 0.544. The van der Waals surface area contributed by atoms with Crippen LogP contribution in [0.5, 0.6) is 0 Å². The highest BCUT2D eigenvalue weighted by Crippen LogP contribution is 2.05. The number of hydrogen-bond donors (Lipinski definition) is 0. The lowest BCUT2D eigenvalue weighted by molar-refractivity contribution is 0.875. The second-order valence-corrected chi connectivity index (χ2v) is 2.07. The van der Waals surface area contributed by atoms with Gasteiger partial charge in [0.25, 0.3) is 0 Å². The SMILES string of the molecule is CC.Cc1cnc(Cl)n1C. The minimum absolute atomic E-state index is 0.544. The molecule has 0 spiro atoms. The first-order valence-electron chi connectivity index (χ1n) is 3.35. The first-order chi connectivity index (χ1) is 4.72. The van der Waals surface area contributed by atoms with Gasteiger partial charge in [0.1, 0.15) is 0 Å². The van der Waals surface area contributed by atoms with Gasteiger partial charge in [-0.25, -0.2) is 4.98 Å². The van der Waals surface area contributed by atoms with Crippen molar-refractivity contribution in [2.45, 2.75) is 20.8 Å². The molecule has 1 aromatic heterocycles. The molecule has 2 nitrogen and oxygen atoms in total. The zero-order valence-corrected chi connectivity index (χ0v) is 7.61. The Kier molecular flexibility index (Phi) is 4.12. The van der Waals surface area contributed by atoms with Gasteiger partial charge in [0.2, 0.25) is 5.28 Å². The predicted molar refractivity (Wildman–Crippen MR) is 44.3 cm³/mol. The van der Waals surface area contributed by atoms with Gasteiger partial charge in [-0.05, 0) is 18.5 Å². The Hall–Kier alpha value is -0.500. The second kappa shape index (κ2) is 4.34. The van der Waals surface area contributed by atoms with E-state index < -0.39 is 0 Å². The summed E-state index contributed by atoms with van der Waals surface area (Å²) in [6.45, 7) is 5.96. The molecule has 0 saturated heterocycles. The van der Waals surface area contributed by atoms with E-state index in [0.717, 1.165) is 5.69 Å². The van der Waals surface area contributed by atoms with E-state index in [9.17, 15) is 0 Å². The predicted octanol–water partition coefficient (Wildman–Crippen LogP) is 2.41. The van der Waals surface area contributed by atoms with Crippen LogP contribution in [-0.4, -0.2) is 9.55 Å². The van der Waals surface area contributed by atoms with Crippen molar-refractivity contribution < 1.29 is 0 Å². The summed E-state index contributed by atoms with van der Waals surface area (Å²) >= 11 is 5.58. The van der Waals surface area contributed by atoms with Crippen molar-refractivity contribution in [3.8, 4) is 0 Å². The van der Waals surface area contributed by atoms with Crippen LogP contribution >= 0.6 is 11.6 Å². The van der Waals surface area contributed by atoms with E-state index in [4.69, 9.17) is 11.6 Å². The Morgan fingerprint density at radius 2 is 2.00 bits per heavy atom. The fraction of sp³-hybridized carbons (Fsp3) is 0.571. The summed E-state index contributed by atoms with van der Waals surface area (Å²) in [6.07, 6.45) is 1.74. The molecule has 1 aromatic rings. The van der Waals surface area contributed by atoms with Crippen LogP contribution in [0.25, 0.3) is 0 Å². The van der Waals surface area contributed by atoms with Crippen molar-refractivity contribution >= 4 is 11.6 Å². The minimum Gasteiger partial charge on any atom is -0.322 e. The van der Waals surface area contributed by atoms with Gasteiger partial charge in [-0.2, -0.15) is 0 Å². The number of halogens is 1. The third-order valence-electron chi connectivity index (χ3n) is 1.16. The normalized spacial score (nSPS) is 8.50. The molecule has 0 unspecified atom stereocenters. The maximum atomic E-state index is 5.58.